The number of aliphatic carboxylic acids is 1. The Hall–Kier alpha value is -2.51. The van der Waals surface area contributed by atoms with Gasteiger partial charge in [-0.15, -0.1) is 10.2 Å². The van der Waals surface area contributed by atoms with E-state index in [-0.39, 0.29) is 17.6 Å². The molecule has 0 aliphatic heterocycles. The van der Waals surface area contributed by atoms with Crippen LogP contribution < -0.4 is 4.74 Å². The third-order valence-corrected chi connectivity index (χ3v) is 3.05. The van der Waals surface area contributed by atoms with Gasteiger partial charge in [0.25, 0.3) is 0 Å². The minimum atomic E-state index is -0.915. The van der Waals surface area contributed by atoms with Crippen molar-refractivity contribution < 1.29 is 19.2 Å². The van der Waals surface area contributed by atoms with Crippen molar-refractivity contribution in [2.75, 3.05) is 7.11 Å². The second kappa shape index (κ2) is 5.64. The number of ether oxygens (including phenoxy) is 1. The first-order chi connectivity index (χ1) is 9.52. The summed E-state index contributed by atoms with van der Waals surface area (Å²) in [6.45, 7) is 3.31. The Balaban J connectivity index is 2.21. The summed E-state index contributed by atoms with van der Waals surface area (Å²) in [7, 11) is 1.49. The van der Waals surface area contributed by atoms with Crippen LogP contribution in [0, 0.1) is 5.92 Å². The molecule has 8 nitrogen and oxygen atoms in total. The van der Waals surface area contributed by atoms with Crippen molar-refractivity contribution in [1.82, 2.24) is 20.3 Å². The van der Waals surface area contributed by atoms with Gasteiger partial charge in [-0.05, 0) is 6.07 Å². The van der Waals surface area contributed by atoms with Gasteiger partial charge in [-0.2, -0.15) is 4.98 Å². The van der Waals surface area contributed by atoms with Gasteiger partial charge in [0.05, 0.1) is 13.0 Å². The predicted octanol–water partition coefficient (Wildman–Crippen LogP) is 1.36. The molecule has 20 heavy (non-hydrogen) atoms. The third-order valence-electron chi connectivity index (χ3n) is 3.05. The van der Waals surface area contributed by atoms with E-state index in [1.165, 1.54) is 7.11 Å². The first-order valence-corrected chi connectivity index (χ1v) is 5.97. The monoisotopic (exact) mass is 278 g/mol. The summed E-state index contributed by atoms with van der Waals surface area (Å²) in [5.74, 6) is -1.02. The smallest absolute Gasteiger partial charge is 0.307 e. The molecule has 2 rings (SSSR count). The van der Waals surface area contributed by atoms with Crippen molar-refractivity contribution in [1.29, 1.82) is 0 Å². The molecule has 0 aliphatic rings. The maximum absolute atomic E-state index is 10.9. The summed E-state index contributed by atoms with van der Waals surface area (Å²) < 4.78 is 9.99. The standard InChI is InChI=1S/C12H14N4O4/c1-6(7(2)12(17)18)11-13-10(16-20-11)8-4-5-9(19-3)15-14-8/h4-7H,1-3H3,(H,17,18). The molecule has 2 aromatic rings. The van der Waals surface area contributed by atoms with Gasteiger partial charge in [0.2, 0.25) is 17.6 Å². The van der Waals surface area contributed by atoms with Crippen LogP contribution in [0.5, 0.6) is 5.88 Å². The molecule has 0 saturated carbocycles. The van der Waals surface area contributed by atoms with E-state index in [0.717, 1.165) is 0 Å². The van der Waals surface area contributed by atoms with E-state index in [4.69, 9.17) is 14.4 Å². The highest BCUT2D eigenvalue weighted by molar-refractivity contribution is 5.70. The number of methoxy groups -OCH3 is 1. The average Bonchev–Trinajstić information content (AvgIpc) is 2.95. The van der Waals surface area contributed by atoms with Crippen LogP contribution in [0.15, 0.2) is 16.7 Å². The summed E-state index contributed by atoms with van der Waals surface area (Å²) in [4.78, 5) is 15.1. The number of nitrogens with zero attached hydrogens (tertiary/aromatic N) is 4. The molecule has 0 aliphatic carbocycles. The molecule has 0 bridgehead atoms. The number of carbonyl (C=O) groups is 1. The van der Waals surface area contributed by atoms with Crippen LogP contribution in [0.2, 0.25) is 0 Å². The number of hydrogen-bond donors (Lipinski definition) is 1. The molecule has 2 aromatic heterocycles. The zero-order chi connectivity index (χ0) is 14.7. The van der Waals surface area contributed by atoms with Crippen LogP contribution in [0.1, 0.15) is 25.7 Å². The maximum Gasteiger partial charge on any atom is 0.307 e. The molecular formula is C12H14N4O4. The third kappa shape index (κ3) is 2.73. The molecule has 0 spiro atoms. The normalized spacial score (nSPS) is 13.8. The molecule has 0 radical (unpaired) electrons. The van der Waals surface area contributed by atoms with Crippen LogP contribution in [0.4, 0.5) is 0 Å². The summed E-state index contributed by atoms with van der Waals surface area (Å²) in [6, 6.07) is 3.27. The van der Waals surface area contributed by atoms with Gasteiger partial charge in [0, 0.05) is 12.0 Å². The lowest BCUT2D eigenvalue weighted by Crippen LogP contribution is -2.16. The highest BCUT2D eigenvalue weighted by atomic mass is 16.5. The molecule has 106 valence electrons. The van der Waals surface area contributed by atoms with Crippen LogP contribution in [0.25, 0.3) is 11.5 Å². The van der Waals surface area contributed by atoms with E-state index >= 15 is 0 Å². The van der Waals surface area contributed by atoms with Crippen LogP contribution in [-0.4, -0.2) is 38.5 Å². The summed E-state index contributed by atoms with van der Waals surface area (Å²) in [5.41, 5.74) is 0.427. The Bertz CT molecular complexity index is 596. The lowest BCUT2D eigenvalue weighted by Gasteiger charge is -2.10. The van der Waals surface area contributed by atoms with Crippen molar-refractivity contribution in [2.24, 2.45) is 5.92 Å². The molecule has 8 heteroatoms. The lowest BCUT2D eigenvalue weighted by molar-refractivity contribution is -0.141. The summed E-state index contributed by atoms with van der Waals surface area (Å²) in [5, 5.41) is 20.5. The van der Waals surface area contributed by atoms with E-state index in [2.05, 4.69) is 20.3 Å². The molecule has 0 saturated heterocycles. The fourth-order valence-corrected chi connectivity index (χ4v) is 1.50. The van der Waals surface area contributed by atoms with E-state index in [1.807, 2.05) is 0 Å². The number of aromatic nitrogens is 4. The predicted molar refractivity (Wildman–Crippen MR) is 67.1 cm³/mol. The second-order valence-electron chi connectivity index (χ2n) is 4.33. The van der Waals surface area contributed by atoms with Gasteiger partial charge in [0.1, 0.15) is 5.69 Å². The molecule has 0 fully saturated rings. The first kappa shape index (κ1) is 13.9. The summed E-state index contributed by atoms with van der Waals surface area (Å²) >= 11 is 0. The molecular weight excluding hydrogens is 264 g/mol. The van der Waals surface area contributed by atoms with Gasteiger partial charge >= 0.3 is 5.97 Å². The number of hydrogen-bond acceptors (Lipinski definition) is 7. The molecule has 0 aromatic carbocycles. The molecule has 1 N–H and O–H groups in total. The van der Waals surface area contributed by atoms with Crippen molar-refractivity contribution >= 4 is 5.97 Å². The van der Waals surface area contributed by atoms with Crippen LogP contribution >= 0.6 is 0 Å². The minimum Gasteiger partial charge on any atom is -0.481 e. The van der Waals surface area contributed by atoms with Gasteiger partial charge in [-0.3, -0.25) is 4.79 Å². The zero-order valence-corrected chi connectivity index (χ0v) is 11.3. The van der Waals surface area contributed by atoms with Crippen molar-refractivity contribution in [3.8, 4) is 17.4 Å². The van der Waals surface area contributed by atoms with Crippen LogP contribution in [0.3, 0.4) is 0 Å². The Kier molecular flexibility index (Phi) is 3.92. The second-order valence-corrected chi connectivity index (χ2v) is 4.33. The summed E-state index contributed by atoms with van der Waals surface area (Å²) in [6.07, 6.45) is 0. The maximum atomic E-state index is 10.9. The number of carboxylic acid groups (broad SMARTS) is 1. The SMILES string of the molecule is COc1ccc(-c2noc(C(C)C(C)C(=O)O)n2)nn1. The minimum absolute atomic E-state index is 0.257. The quantitative estimate of drug-likeness (QED) is 0.872. The number of rotatable bonds is 5. The highest BCUT2D eigenvalue weighted by Gasteiger charge is 2.26. The molecule has 2 heterocycles. The highest BCUT2D eigenvalue weighted by Crippen LogP contribution is 2.24. The van der Waals surface area contributed by atoms with Gasteiger partial charge in [-0.25, -0.2) is 0 Å². The van der Waals surface area contributed by atoms with Crippen molar-refractivity contribution in [3.05, 3.63) is 18.0 Å². The molecule has 0 amide bonds. The molecule has 2 unspecified atom stereocenters. The average molecular weight is 278 g/mol. The van der Waals surface area contributed by atoms with E-state index in [0.29, 0.717) is 11.6 Å². The van der Waals surface area contributed by atoms with Gasteiger partial charge in [-0.1, -0.05) is 19.0 Å². The zero-order valence-electron chi connectivity index (χ0n) is 11.3. The number of carboxylic acids is 1. The fraction of sp³-hybridized carbons (Fsp3) is 0.417. The Labute approximate surface area is 114 Å². The molecule has 2 atom stereocenters. The lowest BCUT2D eigenvalue weighted by atomic mass is 9.96. The van der Waals surface area contributed by atoms with E-state index in [9.17, 15) is 4.79 Å². The Morgan fingerprint density at radius 1 is 1.35 bits per heavy atom. The van der Waals surface area contributed by atoms with E-state index in [1.54, 1.807) is 26.0 Å². The van der Waals surface area contributed by atoms with Crippen LogP contribution in [-0.2, 0) is 4.79 Å². The van der Waals surface area contributed by atoms with Crippen molar-refractivity contribution in [2.45, 2.75) is 19.8 Å². The Morgan fingerprint density at radius 2 is 2.10 bits per heavy atom. The largest absolute Gasteiger partial charge is 0.481 e. The Morgan fingerprint density at radius 3 is 2.65 bits per heavy atom. The first-order valence-electron chi connectivity index (χ1n) is 5.97. The van der Waals surface area contributed by atoms with Gasteiger partial charge in [0.15, 0.2) is 0 Å². The topological polar surface area (TPSA) is 111 Å². The fourth-order valence-electron chi connectivity index (χ4n) is 1.50. The van der Waals surface area contributed by atoms with E-state index < -0.39 is 11.9 Å². The van der Waals surface area contributed by atoms with Gasteiger partial charge < -0.3 is 14.4 Å². The van der Waals surface area contributed by atoms with Crippen molar-refractivity contribution in [3.63, 3.8) is 0 Å².